The molecular weight excluding hydrogens is 282 g/mol. The van der Waals surface area contributed by atoms with E-state index in [1.165, 1.54) is 6.33 Å². The Morgan fingerprint density at radius 2 is 2.24 bits per heavy atom. The van der Waals surface area contributed by atoms with Gasteiger partial charge >= 0.3 is 0 Å². The zero-order chi connectivity index (χ0) is 12.4. The highest BCUT2D eigenvalue weighted by Gasteiger charge is 2.14. The van der Waals surface area contributed by atoms with Gasteiger partial charge in [0, 0.05) is 17.9 Å². The van der Waals surface area contributed by atoms with Crippen molar-refractivity contribution in [2.75, 3.05) is 0 Å². The fourth-order valence-corrected chi connectivity index (χ4v) is 2.22. The number of aliphatic hydroxyl groups excluding tert-OH is 1. The number of nitrogens with zero attached hydrogens (tertiary/aromatic N) is 3. The van der Waals surface area contributed by atoms with Crippen LogP contribution in [0.15, 0.2) is 29.0 Å². The summed E-state index contributed by atoms with van der Waals surface area (Å²) in [5.41, 5.74) is 2.01. The lowest BCUT2D eigenvalue weighted by Gasteiger charge is -2.13. The maximum Gasteiger partial charge on any atom is 0.138 e. The summed E-state index contributed by atoms with van der Waals surface area (Å²) >= 11 is 3.45. The van der Waals surface area contributed by atoms with Gasteiger partial charge in [0.15, 0.2) is 0 Å². The maximum absolute atomic E-state index is 10.2. The molecule has 17 heavy (non-hydrogen) atoms. The van der Waals surface area contributed by atoms with Crippen molar-refractivity contribution in [1.29, 1.82) is 0 Å². The lowest BCUT2D eigenvalue weighted by molar-refractivity contribution is 0.173. The molecular formula is C12H14BrN3O. The molecule has 1 aromatic carbocycles. The van der Waals surface area contributed by atoms with E-state index in [4.69, 9.17) is 0 Å². The predicted molar refractivity (Wildman–Crippen MR) is 68.5 cm³/mol. The van der Waals surface area contributed by atoms with Crippen molar-refractivity contribution in [1.82, 2.24) is 14.8 Å². The molecule has 0 fully saturated rings. The van der Waals surface area contributed by atoms with Gasteiger partial charge in [0.1, 0.15) is 12.2 Å². The summed E-state index contributed by atoms with van der Waals surface area (Å²) in [4.78, 5) is 4.11. The second kappa shape index (κ2) is 4.98. The highest BCUT2D eigenvalue weighted by Crippen LogP contribution is 2.26. The van der Waals surface area contributed by atoms with Crippen LogP contribution in [-0.2, 0) is 13.5 Å². The van der Waals surface area contributed by atoms with Crippen molar-refractivity contribution in [2.24, 2.45) is 7.05 Å². The highest BCUT2D eigenvalue weighted by atomic mass is 79.9. The van der Waals surface area contributed by atoms with E-state index in [-0.39, 0.29) is 0 Å². The molecule has 0 aliphatic carbocycles. The molecule has 0 radical (unpaired) electrons. The minimum Gasteiger partial charge on any atom is -0.388 e. The monoisotopic (exact) mass is 295 g/mol. The Bertz CT molecular complexity index is 524. The maximum atomic E-state index is 10.2. The second-order valence-electron chi connectivity index (χ2n) is 4.04. The van der Waals surface area contributed by atoms with Gasteiger partial charge < -0.3 is 5.11 Å². The van der Waals surface area contributed by atoms with E-state index < -0.39 is 6.10 Å². The number of hydrogen-bond acceptors (Lipinski definition) is 3. The summed E-state index contributed by atoms with van der Waals surface area (Å²) in [5, 5.41) is 14.2. The fraction of sp³-hybridized carbons (Fsp3) is 0.333. The van der Waals surface area contributed by atoms with Crippen LogP contribution in [0.4, 0.5) is 0 Å². The van der Waals surface area contributed by atoms with Gasteiger partial charge in [-0.2, -0.15) is 5.10 Å². The first-order valence-electron chi connectivity index (χ1n) is 5.35. The Balaban J connectivity index is 2.23. The van der Waals surface area contributed by atoms with Crippen molar-refractivity contribution < 1.29 is 5.11 Å². The van der Waals surface area contributed by atoms with Gasteiger partial charge in [0.2, 0.25) is 0 Å². The van der Waals surface area contributed by atoms with Gasteiger partial charge in [-0.3, -0.25) is 4.68 Å². The molecule has 1 N–H and O–H groups in total. The van der Waals surface area contributed by atoms with E-state index in [9.17, 15) is 5.11 Å². The molecule has 1 heterocycles. The molecule has 1 aromatic heterocycles. The van der Waals surface area contributed by atoms with Crippen molar-refractivity contribution in [3.63, 3.8) is 0 Å². The molecule has 1 unspecified atom stereocenters. The molecule has 5 heteroatoms. The quantitative estimate of drug-likeness (QED) is 0.944. The van der Waals surface area contributed by atoms with Crippen LogP contribution in [0.1, 0.15) is 23.1 Å². The number of halogens is 1. The zero-order valence-electron chi connectivity index (χ0n) is 9.76. The van der Waals surface area contributed by atoms with E-state index >= 15 is 0 Å². The fourth-order valence-electron chi connectivity index (χ4n) is 1.71. The van der Waals surface area contributed by atoms with Crippen molar-refractivity contribution in [3.8, 4) is 0 Å². The first-order chi connectivity index (χ1) is 8.08. The molecule has 0 aliphatic rings. The SMILES string of the molecule is Cc1ccc(Br)c(C(O)Cc2ncnn2C)c1. The van der Waals surface area contributed by atoms with Crippen molar-refractivity contribution >= 4 is 15.9 Å². The Kier molecular flexibility index (Phi) is 3.59. The van der Waals surface area contributed by atoms with Crippen LogP contribution >= 0.6 is 15.9 Å². The smallest absolute Gasteiger partial charge is 0.138 e. The molecule has 0 bridgehead atoms. The summed E-state index contributed by atoms with van der Waals surface area (Å²) in [6, 6.07) is 5.93. The van der Waals surface area contributed by atoms with Crippen LogP contribution in [0.2, 0.25) is 0 Å². The number of aryl methyl sites for hydroxylation is 2. The lowest BCUT2D eigenvalue weighted by Crippen LogP contribution is -2.08. The largest absolute Gasteiger partial charge is 0.388 e. The summed E-state index contributed by atoms with van der Waals surface area (Å²) in [5.74, 6) is 0.769. The molecule has 90 valence electrons. The average Bonchev–Trinajstić information content (AvgIpc) is 2.68. The summed E-state index contributed by atoms with van der Waals surface area (Å²) in [6.07, 6.45) is 1.37. The normalized spacial score (nSPS) is 12.7. The number of hydrogen-bond donors (Lipinski definition) is 1. The number of aliphatic hydroxyl groups is 1. The van der Waals surface area contributed by atoms with E-state index in [0.717, 1.165) is 21.4 Å². The molecule has 2 rings (SSSR count). The molecule has 0 spiro atoms. The zero-order valence-corrected chi connectivity index (χ0v) is 11.3. The first kappa shape index (κ1) is 12.3. The predicted octanol–water partition coefficient (Wildman–Crippen LogP) is 2.16. The van der Waals surface area contributed by atoms with Crippen molar-refractivity contribution in [3.05, 3.63) is 46.0 Å². The van der Waals surface area contributed by atoms with E-state index in [2.05, 4.69) is 26.0 Å². The summed E-state index contributed by atoms with van der Waals surface area (Å²) in [7, 11) is 1.82. The van der Waals surface area contributed by atoms with Gasteiger partial charge in [-0.05, 0) is 18.6 Å². The standard InChI is InChI=1S/C12H14BrN3O/c1-8-3-4-10(13)9(5-8)11(17)6-12-14-7-15-16(12)2/h3-5,7,11,17H,6H2,1-2H3. The Hall–Kier alpha value is -1.20. The van der Waals surface area contributed by atoms with E-state index in [1.54, 1.807) is 4.68 Å². The molecule has 0 amide bonds. The summed E-state index contributed by atoms with van der Waals surface area (Å²) in [6.45, 7) is 2.00. The van der Waals surface area contributed by atoms with Crippen molar-refractivity contribution in [2.45, 2.75) is 19.4 Å². The van der Waals surface area contributed by atoms with Gasteiger partial charge in [-0.1, -0.05) is 33.6 Å². The van der Waals surface area contributed by atoms with E-state index in [0.29, 0.717) is 6.42 Å². The molecule has 1 atom stereocenters. The minimum absolute atomic E-state index is 0.457. The van der Waals surface area contributed by atoms with Crippen LogP contribution in [0.25, 0.3) is 0 Å². The van der Waals surface area contributed by atoms with Gasteiger partial charge in [0.05, 0.1) is 6.10 Å². The third-order valence-electron chi connectivity index (χ3n) is 2.69. The van der Waals surface area contributed by atoms with Crippen LogP contribution in [0.3, 0.4) is 0 Å². The second-order valence-corrected chi connectivity index (χ2v) is 4.90. The molecule has 0 saturated carbocycles. The van der Waals surface area contributed by atoms with Gasteiger partial charge in [-0.15, -0.1) is 0 Å². The Morgan fingerprint density at radius 3 is 2.88 bits per heavy atom. The molecule has 2 aromatic rings. The topological polar surface area (TPSA) is 50.9 Å². The molecule has 0 saturated heterocycles. The summed E-state index contributed by atoms with van der Waals surface area (Å²) < 4.78 is 2.59. The Morgan fingerprint density at radius 1 is 1.47 bits per heavy atom. The van der Waals surface area contributed by atoms with Crippen LogP contribution in [0, 0.1) is 6.92 Å². The van der Waals surface area contributed by atoms with Gasteiger partial charge in [-0.25, -0.2) is 4.98 Å². The first-order valence-corrected chi connectivity index (χ1v) is 6.14. The number of aromatic nitrogens is 3. The van der Waals surface area contributed by atoms with E-state index in [1.807, 2.05) is 32.2 Å². The molecule has 4 nitrogen and oxygen atoms in total. The van der Waals surface area contributed by atoms with Crippen LogP contribution in [-0.4, -0.2) is 19.9 Å². The van der Waals surface area contributed by atoms with Crippen LogP contribution in [0.5, 0.6) is 0 Å². The lowest BCUT2D eigenvalue weighted by atomic mass is 10.0. The Labute approximate surface area is 108 Å². The average molecular weight is 296 g/mol. The minimum atomic E-state index is -0.577. The molecule has 0 aliphatic heterocycles. The number of rotatable bonds is 3. The third-order valence-corrected chi connectivity index (χ3v) is 3.41. The van der Waals surface area contributed by atoms with Crippen LogP contribution < -0.4 is 0 Å². The van der Waals surface area contributed by atoms with Gasteiger partial charge in [0.25, 0.3) is 0 Å². The number of benzene rings is 1. The third kappa shape index (κ3) is 2.73. The highest BCUT2D eigenvalue weighted by molar-refractivity contribution is 9.10.